The number of carbonyl (C=O) groups is 1. The average Bonchev–Trinajstić information content (AvgIpc) is 2.36. The van der Waals surface area contributed by atoms with Crippen molar-refractivity contribution in [3.63, 3.8) is 0 Å². The van der Waals surface area contributed by atoms with E-state index in [0.29, 0.717) is 5.56 Å². The summed E-state index contributed by atoms with van der Waals surface area (Å²) in [4.78, 5) is 10.4. The van der Waals surface area contributed by atoms with Gasteiger partial charge in [0.2, 0.25) is 10.0 Å². The van der Waals surface area contributed by atoms with E-state index in [4.69, 9.17) is 5.11 Å². The predicted octanol–water partition coefficient (Wildman–Crippen LogP) is 1.78. The number of rotatable bonds is 6. The molecule has 1 aromatic rings. The molecular formula is C13H17NO4S. The zero-order valence-corrected chi connectivity index (χ0v) is 11.6. The maximum absolute atomic E-state index is 11.5. The van der Waals surface area contributed by atoms with Crippen LogP contribution < -0.4 is 4.72 Å². The van der Waals surface area contributed by atoms with E-state index < -0.39 is 16.0 Å². The fraction of sp³-hybridized carbons (Fsp3) is 0.308. The second-order valence-electron chi connectivity index (χ2n) is 4.08. The van der Waals surface area contributed by atoms with Crippen LogP contribution in [0.5, 0.6) is 0 Å². The molecule has 2 N–H and O–H groups in total. The summed E-state index contributed by atoms with van der Waals surface area (Å²) >= 11 is 0. The van der Waals surface area contributed by atoms with E-state index in [0.717, 1.165) is 11.6 Å². The molecule has 0 aliphatic rings. The van der Waals surface area contributed by atoms with Gasteiger partial charge in [0.25, 0.3) is 0 Å². The third kappa shape index (κ3) is 5.23. The van der Waals surface area contributed by atoms with Crippen LogP contribution in [0.3, 0.4) is 0 Å². The van der Waals surface area contributed by atoms with Crippen molar-refractivity contribution in [2.45, 2.75) is 19.9 Å². The van der Waals surface area contributed by atoms with Crippen molar-refractivity contribution in [2.75, 3.05) is 5.75 Å². The number of nitrogens with one attached hydrogen (secondary N) is 1. The molecule has 0 saturated heterocycles. The van der Waals surface area contributed by atoms with Gasteiger partial charge in [0.15, 0.2) is 0 Å². The normalized spacial score (nSPS) is 13.6. The van der Waals surface area contributed by atoms with Gasteiger partial charge in [0.1, 0.15) is 0 Å². The van der Waals surface area contributed by atoms with Crippen molar-refractivity contribution in [2.24, 2.45) is 0 Å². The summed E-state index contributed by atoms with van der Waals surface area (Å²) in [6.45, 7) is 3.31. The molecule has 0 fully saturated rings. The maximum Gasteiger partial charge on any atom is 0.328 e. The third-order valence-corrected chi connectivity index (χ3v) is 4.04. The number of aliphatic carboxylic acids is 1. The second kappa shape index (κ2) is 6.49. The molecule has 0 bridgehead atoms. The lowest BCUT2D eigenvalue weighted by atomic mass is 10.1. The van der Waals surface area contributed by atoms with Crippen LogP contribution in [0.4, 0.5) is 0 Å². The Morgan fingerprint density at radius 2 is 2.16 bits per heavy atom. The molecule has 0 amide bonds. The van der Waals surface area contributed by atoms with Crippen molar-refractivity contribution < 1.29 is 18.3 Å². The van der Waals surface area contributed by atoms with Crippen molar-refractivity contribution in [1.82, 2.24) is 4.72 Å². The van der Waals surface area contributed by atoms with E-state index in [1.807, 2.05) is 0 Å². The number of carboxylic acids is 1. The summed E-state index contributed by atoms with van der Waals surface area (Å²) < 4.78 is 25.5. The smallest absolute Gasteiger partial charge is 0.328 e. The Labute approximate surface area is 113 Å². The minimum absolute atomic E-state index is 0.0238. The summed E-state index contributed by atoms with van der Waals surface area (Å²) in [6, 6.07) is 6.70. The van der Waals surface area contributed by atoms with Crippen LogP contribution in [0, 0.1) is 0 Å². The molecule has 0 saturated carbocycles. The Morgan fingerprint density at radius 1 is 1.47 bits per heavy atom. The minimum Gasteiger partial charge on any atom is -0.478 e. The second-order valence-corrected chi connectivity index (χ2v) is 6.13. The lowest BCUT2D eigenvalue weighted by Crippen LogP contribution is -2.28. The van der Waals surface area contributed by atoms with E-state index in [9.17, 15) is 13.2 Å². The predicted molar refractivity (Wildman–Crippen MR) is 74.1 cm³/mol. The first kappa shape index (κ1) is 15.4. The lowest BCUT2D eigenvalue weighted by molar-refractivity contribution is -0.131. The molecule has 1 atom stereocenters. The molecular weight excluding hydrogens is 266 g/mol. The summed E-state index contributed by atoms with van der Waals surface area (Å²) in [5.74, 6) is -0.999. The van der Waals surface area contributed by atoms with Gasteiger partial charge in [-0.1, -0.05) is 24.3 Å². The minimum atomic E-state index is -3.27. The van der Waals surface area contributed by atoms with Gasteiger partial charge in [-0.15, -0.1) is 0 Å². The van der Waals surface area contributed by atoms with Gasteiger partial charge < -0.3 is 5.11 Å². The molecule has 1 aromatic carbocycles. The van der Waals surface area contributed by atoms with E-state index in [-0.39, 0.29) is 11.8 Å². The van der Waals surface area contributed by atoms with E-state index >= 15 is 0 Å². The molecule has 0 radical (unpaired) electrons. The molecule has 1 rings (SSSR count). The first-order valence-corrected chi connectivity index (χ1v) is 7.50. The fourth-order valence-corrected chi connectivity index (χ4v) is 2.36. The van der Waals surface area contributed by atoms with Gasteiger partial charge in [0.05, 0.1) is 5.75 Å². The Hall–Kier alpha value is -1.66. The van der Waals surface area contributed by atoms with Crippen LogP contribution in [0.15, 0.2) is 30.3 Å². The van der Waals surface area contributed by atoms with Crippen LogP contribution >= 0.6 is 0 Å². The third-order valence-electron chi connectivity index (χ3n) is 2.57. The van der Waals surface area contributed by atoms with Crippen LogP contribution in [0.25, 0.3) is 6.08 Å². The molecule has 0 spiro atoms. The summed E-state index contributed by atoms with van der Waals surface area (Å²) in [5.41, 5.74) is 1.49. The highest BCUT2D eigenvalue weighted by Gasteiger charge is 2.13. The van der Waals surface area contributed by atoms with Gasteiger partial charge in [-0.25, -0.2) is 17.9 Å². The molecule has 0 aliphatic carbocycles. The van der Waals surface area contributed by atoms with Crippen LogP contribution in [0.1, 0.15) is 31.0 Å². The molecule has 104 valence electrons. The first-order valence-electron chi connectivity index (χ1n) is 5.85. The number of benzene rings is 1. The Balaban J connectivity index is 2.90. The Morgan fingerprint density at radius 3 is 2.74 bits per heavy atom. The zero-order valence-electron chi connectivity index (χ0n) is 10.8. The Bertz CT molecular complexity index is 578. The Kier molecular flexibility index (Phi) is 5.26. The maximum atomic E-state index is 11.5. The van der Waals surface area contributed by atoms with Gasteiger partial charge >= 0.3 is 5.97 Å². The summed E-state index contributed by atoms with van der Waals surface area (Å²) in [5, 5.41) is 8.56. The highest BCUT2D eigenvalue weighted by Crippen LogP contribution is 2.16. The SMILES string of the molecule is CCS(=O)(=O)NC(C)c1cccc(/C=C/C(=O)O)c1. The van der Waals surface area contributed by atoms with Crippen molar-refractivity contribution in [3.05, 3.63) is 41.5 Å². The van der Waals surface area contributed by atoms with Crippen molar-refractivity contribution in [1.29, 1.82) is 0 Å². The van der Waals surface area contributed by atoms with Crippen molar-refractivity contribution in [3.8, 4) is 0 Å². The molecule has 0 aliphatic heterocycles. The van der Waals surface area contributed by atoms with Crippen LogP contribution in [0.2, 0.25) is 0 Å². The monoisotopic (exact) mass is 283 g/mol. The van der Waals surface area contributed by atoms with Crippen LogP contribution in [-0.2, 0) is 14.8 Å². The van der Waals surface area contributed by atoms with E-state index in [1.54, 1.807) is 38.1 Å². The molecule has 19 heavy (non-hydrogen) atoms. The molecule has 6 heteroatoms. The van der Waals surface area contributed by atoms with Crippen molar-refractivity contribution >= 4 is 22.1 Å². The standard InChI is InChI=1S/C13H17NO4S/c1-3-19(17,18)14-10(2)12-6-4-5-11(9-12)7-8-13(15)16/h4-10,14H,3H2,1-2H3,(H,15,16)/b8-7+. The first-order chi connectivity index (χ1) is 8.84. The fourth-order valence-electron chi connectivity index (χ4n) is 1.52. The topological polar surface area (TPSA) is 83.5 Å². The van der Waals surface area contributed by atoms with Gasteiger partial charge in [0, 0.05) is 12.1 Å². The molecule has 1 unspecified atom stereocenters. The van der Waals surface area contributed by atoms with E-state index in [1.165, 1.54) is 6.08 Å². The number of sulfonamides is 1. The van der Waals surface area contributed by atoms with Gasteiger partial charge in [-0.3, -0.25) is 0 Å². The quantitative estimate of drug-likeness (QED) is 0.780. The largest absolute Gasteiger partial charge is 0.478 e. The van der Waals surface area contributed by atoms with Gasteiger partial charge in [-0.05, 0) is 31.1 Å². The molecule has 0 heterocycles. The molecule has 5 nitrogen and oxygen atoms in total. The highest BCUT2D eigenvalue weighted by molar-refractivity contribution is 7.89. The summed E-state index contributed by atoms with van der Waals surface area (Å²) in [7, 11) is -3.27. The summed E-state index contributed by atoms with van der Waals surface area (Å²) in [6.07, 6.45) is 2.51. The van der Waals surface area contributed by atoms with E-state index in [2.05, 4.69) is 4.72 Å². The highest BCUT2D eigenvalue weighted by atomic mass is 32.2. The number of hydrogen-bond acceptors (Lipinski definition) is 3. The lowest BCUT2D eigenvalue weighted by Gasteiger charge is -2.14. The average molecular weight is 283 g/mol. The van der Waals surface area contributed by atoms with Gasteiger partial charge in [-0.2, -0.15) is 0 Å². The number of hydrogen-bond donors (Lipinski definition) is 2. The molecule has 0 aromatic heterocycles. The zero-order chi connectivity index (χ0) is 14.5. The number of carboxylic acid groups (broad SMARTS) is 1. The van der Waals surface area contributed by atoms with Crippen LogP contribution in [-0.4, -0.2) is 25.2 Å².